The molecule has 4 heteroatoms. The molecule has 0 aliphatic heterocycles. The van der Waals surface area contributed by atoms with Gasteiger partial charge in [0.15, 0.2) is 11.5 Å². The average Bonchev–Trinajstić information content (AvgIpc) is 2.67. The van der Waals surface area contributed by atoms with Gasteiger partial charge in [-0.3, -0.25) is 4.99 Å². The number of hydrogen-bond acceptors (Lipinski definition) is 3. The Labute approximate surface area is 165 Å². The van der Waals surface area contributed by atoms with Crippen molar-refractivity contribution in [2.75, 3.05) is 7.11 Å². The second kappa shape index (κ2) is 8.74. The maximum Gasteiger partial charge on any atom is 0.161 e. The van der Waals surface area contributed by atoms with Gasteiger partial charge in [0.05, 0.1) is 12.8 Å². The first-order valence-corrected chi connectivity index (χ1v) is 9.09. The molecule has 0 saturated carbocycles. The summed E-state index contributed by atoms with van der Waals surface area (Å²) < 4.78 is 11.4. The maximum atomic E-state index is 6.02. The van der Waals surface area contributed by atoms with Crippen LogP contribution in [0.15, 0.2) is 65.7 Å². The Morgan fingerprint density at radius 3 is 2.59 bits per heavy atom. The highest BCUT2D eigenvalue weighted by Gasteiger charge is 2.06. The third-order valence-corrected chi connectivity index (χ3v) is 4.42. The van der Waals surface area contributed by atoms with Crippen molar-refractivity contribution in [1.82, 2.24) is 0 Å². The third kappa shape index (κ3) is 5.11. The van der Waals surface area contributed by atoms with Crippen LogP contribution in [0, 0.1) is 13.8 Å². The number of benzene rings is 3. The molecule has 0 amide bonds. The smallest absolute Gasteiger partial charge is 0.161 e. The minimum absolute atomic E-state index is 0.423. The number of ether oxygens (including phenoxy) is 2. The third-order valence-electron chi connectivity index (χ3n) is 4.19. The molecule has 3 aromatic rings. The van der Waals surface area contributed by atoms with Crippen LogP contribution in [0.25, 0.3) is 0 Å². The SMILES string of the molecule is COc1cc(C=Nc2cc(C)ccc2C)ccc1OCc1cccc(Cl)c1. The van der Waals surface area contributed by atoms with E-state index in [4.69, 9.17) is 21.1 Å². The van der Waals surface area contributed by atoms with Crippen LogP contribution in [0.3, 0.4) is 0 Å². The molecule has 0 aromatic heterocycles. The van der Waals surface area contributed by atoms with Crippen LogP contribution in [0.2, 0.25) is 5.02 Å². The summed E-state index contributed by atoms with van der Waals surface area (Å²) in [6.45, 7) is 4.54. The largest absolute Gasteiger partial charge is 0.493 e. The van der Waals surface area contributed by atoms with E-state index < -0.39 is 0 Å². The zero-order valence-electron chi connectivity index (χ0n) is 15.7. The summed E-state index contributed by atoms with van der Waals surface area (Å²) in [6, 6.07) is 19.6. The predicted octanol–water partition coefficient (Wildman–Crippen LogP) is 6.30. The second-order valence-electron chi connectivity index (χ2n) is 6.38. The van der Waals surface area contributed by atoms with Gasteiger partial charge in [0.25, 0.3) is 0 Å². The molecule has 0 bridgehead atoms. The van der Waals surface area contributed by atoms with Crippen molar-refractivity contribution in [2.45, 2.75) is 20.5 Å². The average molecular weight is 380 g/mol. The Balaban J connectivity index is 1.75. The topological polar surface area (TPSA) is 30.8 Å². The summed E-state index contributed by atoms with van der Waals surface area (Å²) in [5.41, 5.74) is 5.25. The van der Waals surface area contributed by atoms with Gasteiger partial charge in [0.2, 0.25) is 0 Å². The molecule has 3 rings (SSSR count). The predicted molar refractivity (Wildman–Crippen MR) is 112 cm³/mol. The van der Waals surface area contributed by atoms with Gasteiger partial charge >= 0.3 is 0 Å². The lowest BCUT2D eigenvalue weighted by Gasteiger charge is -2.11. The molecule has 0 atom stereocenters. The van der Waals surface area contributed by atoms with Crippen LogP contribution in [0.4, 0.5) is 5.69 Å². The molecule has 0 saturated heterocycles. The van der Waals surface area contributed by atoms with Crippen molar-refractivity contribution in [3.63, 3.8) is 0 Å². The molecule has 0 heterocycles. The summed E-state index contributed by atoms with van der Waals surface area (Å²) >= 11 is 6.02. The van der Waals surface area contributed by atoms with Gasteiger partial charge in [-0.25, -0.2) is 0 Å². The van der Waals surface area contributed by atoms with Crippen molar-refractivity contribution >= 4 is 23.5 Å². The Morgan fingerprint density at radius 1 is 0.963 bits per heavy atom. The Bertz CT molecular complexity index is 966. The van der Waals surface area contributed by atoms with Gasteiger partial charge in [-0.1, -0.05) is 35.9 Å². The summed E-state index contributed by atoms with van der Waals surface area (Å²) in [7, 11) is 1.63. The Morgan fingerprint density at radius 2 is 1.81 bits per heavy atom. The first-order valence-electron chi connectivity index (χ1n) is 8.72. The van der Waals surface area contributed by atoms with Gasteiger partial charge in [0, 0.05) is 11.2 Å². The molecule has 0 unspecified atom stereocenters. The molecule has 3 nitrogen and oxygen atoms in total. The van der Waals surface area contributed by atoms with E-state index in [1.165, 1.54) is 5.56 Å². The first kappa shape index (κ1) is 19.0. The lowest BCUT2D eigenvalue weighted by atomic mass is 10.1. The van der Waals surface area contributed by atoms with Crippen LogP contribution in [0.1, 0.15) is 22.3 Å². The lowest BCUT2D eigenvalue weighted by molar-refractivity contribution is 0.284. The van der Waals surface area contributed by atoms with Crippen molar-refractivity contribution in [3.05, 3.63) is 87.9 Å². The fourth-order valence-corrected chi connectivity index (χ4v) is 2.89. The van der Waals surface area contributed by atoms with Crippen LogP contribution in [-0.2, 0) is 6.61 Å². The fourth-order valence-electron chi connectivity index (χ4n) is 2.67. The summed E-state index contributed by atoms with van der Waals surface area (Å²) in [5, 5.41) is 0.695. The molecule has 27 heavy (non-hydrogen) atoms. The van der Waals surface area contributed by atoms with E-state index in [0.29, 0.717) is 23.1 Å². The van der Waals surface area contributed by atoms with Crippen molar-refractivity contribution in [2.24, 2.45) is 4.99 Å². The van der Waals surface area contributed by atoms with E-state index >= 15 is 0 Å². The molecule has 0 radical (unpaired) electrons. The Kier molecular flexibility index (Phi) is 6.15. The number of hydrogen-bond donors (Lipinski definition) is 0. The van der Waals surface area contributed by atoms with E-state index in [1.807, 2.05) is 48.7 Å². The quantitative estimate of drug-likeness (QED) is 0.471. The summed E-state index contributed by atoms with van der Waals surface area (Å²) in [6.07, 6.45) is 1.84. The van der Waals surface area contributed by atoms with E-state index in [-0.39, 0.29) is 0 Å². The fraction of sp³-hybridized carbons (Fsp3) is 0.174. The number of nitrogens with zero attached hydrogens (tertiary/aromatic N) is 1. The molecular weight excluding hydrogens is 358 g/mol. The molecule has 0 fully saturated rings. The number of methoxy groups -OCH3 is 1. The standard InChI is InChI=1S/C23H22ClNO2/c1-16-7-8-17(2)21(11-16)25-14-18-9-10-22(23(13-18)26-3)27-15-19-5-4-6-20(24)12-19/h4-14H,15H2,1-3H3. The first-order chi connectivity index (χ1) is 13.0. The lowest BCUT2D eigenvalue weighted by Crippen LogP contribution is -1.98. The van der Waals surface area contributed by atoms with Crippen LogP contribution >= 0.6 is 11.6 Å². The highest BCUT2D eigenvalue weighted by Crippen LogP contribution is 2.29. The van der Waals surface area contributed by atoms with Gasteiger partial charge < -0.3 is 9.47 Å². The zero-order valence-corrected chi connectivity index (χ0v) is 16.5. The molecule has 0 aliphatic carbocycles. The normalized spacial score (nSPS) is 11.0. The minimum Gasteiger partial charge on any atom is -0.493 e. The number of aryl methyl sites for hydroxylation is 2. The van der Waals surface area contributed by atoms with E-state index in [1.54, 1.807) is 7.11 Å². The van der Waals surface area contributed by atoms with Crippen molar-refractivity contribution < 1.29 is 9.47 Å². The number of aliphatic imine (C=N–C) groups is 1. The van der Waals surface area contributed by atoms with Crippen LogP contribution in [0.5, 0.6) is 11.5 Å². The molecule has 3 aromatic carbocycles. The van der Waals surface area contributed by atoms with E-state index in [9.17, 15) is 0 Å². The van der Waals surface area contributed by atoms with Crippen LogP contribution in [-0.4, -0.2) is 13.3 Å². The minimum atomic E-state index is 0.423. The highest BCUT2D eigenvalue weighted by molar-refractivity contribution is 6.30. The summed E-state index contributed by atoms with van der Waals surface area (Å²) in [5.74, 6) is 1.35. The summed E-state index contributed by atoms with van der Waals surface area (Å²) in [4.78, 5) is 4.61. The number of rotatable bonds is 6. The molecular formula is C23H22ClNO2. The molecule has 0 spiro atoms. The van der Waals surface area contributed by atoms with Crippen LogP contribution < -0.4 is 9.47 Å². The molecule has 138 valence electrons. The monoisotopic (exact) mass is 379 g/mol. The van der Waals surface area contributed by atoms with Gasteiger partial charge in [-0.05, 0) is 72.5 Å². The van der Waals surface area contributed by atoms with E-state index in [2.05, 4.69) is 37.0 Å². The molecule has 0 N–H and O–H groups in total. The van der Waals surface area contributed by atoms with Crippen molar-refractivity contribution in [3.8, 4) is 11.5 Å². The maximum absolute atomic E-state index is 6.02. The zero-order chi connectivity index (χ0) is 19.2. The van der Waals surface area contributed by atoms with E-state index in [0.717, 1.165) is 22.4 Å². The van der Waals surface area contributed by atoms with Crippen molar-refractivity contribution in [1.29, 1.82) is 0 Å². The van der Waals surface area contributed by atoms with Gasteiger partial charge in [0.1, 0.15) is 6.61 Å². The molecule has 0 aliphatic rings. The second-order valence-corrected chi connectivity index (χ2v) is 6.81. The van der Waals surface area contributed by atoms with Gasteiger partial charge in [-0.15, -0.1) is 0 Å². The van der Waals surface area contributed by atoms with Gasteiger partial charge in [-0.2, -0.15) is 0 Å². The Hall–Kier alpha value is -2.78. The number of halogens is 1. The highest BCUT2D eigenvalue weighted by atomic mass is 35.5.